The molecular weight excluding hydrogens is 482 g/mol. The van der Waals surface area contributed by atoms with E-state index in [0.717, 1.165) is 47.7 Å². The maximum Gasteiger partial charge on any atom is 3.00 e. The Kier molecular flexibility index (Phi) is 87.8. The Labute approximate surface area is 191 Å². The summed E-state index contributed by atoms with van der Waals surface area (Å²) in [6.45, 7) is 7.99. The summed E-state index contributed by atoms with van der Waals surface area (Å²) in [4.78, 5) is 44.4. The Morgan fingerprint density at radius 3 is 0.759 bits per heavy atom. The van der Waals surface area contributed by atoms with Crippen molar-refractivity contribution in [3.05, 3.63) is 0 Å². The fourth-order valence-electron chi connectivity index (χ4n) is 0.329. The maximum absolute atomic E-state index is 8.89. The summed E-state index contributed by atoms with van der Waals surface area (Å²) in [5.41, 5.74) is 10.3. The third-order valence-electron chi connectivity index (χ3n) is 0.642. The minimum Gasteiger partial charge on any atom is -0.550 e. The van der Waals surface area contributed by atoms with Gasteiger partial charge < -0.3 is 66.3 Å². The smallest absolute Gasteiger partial charge is 0.550 e. The molecule has 0 aliphatic carbocycles. The van der Waals surface area contributed by atoms with E-state index in [9.17, 15) is 0 Å². The SMILES string of the molecule is CC(=O)[O-].CC(=O)[O-].CC(=O)[O-].CC(=O)[O-].CC(=O)[O-].NCCNCCN.[Fe+2].[Fe+3]. The van der Waals surface area contributed by atoms with Crippen LogP contribution in [0.25, 0.3) is 0 Å². The van der Waals surface area contributed by atoms with E-state index >= 15 is 0 Å². The second-order valence-corrected chi connectivity index (χ2v) is 3.79. The van der Waals surface area contributed by atoms with Crippen molar-refractivity contribution in [3.8, 4) is 0 Å². The first-order valence-electron chi connectivity index (χ1n) is 7.06. The van der Waals surface area contributed by atoms with Gasteiger partial charge in [-0.25, -0.2) is 0 Å². The van der Waals surface area contributed by atoms with Gasteiger partial charge in [-0.05, 0) is 34.6 Å². The van der Waals surface area contributed by atoms with Gasteiger partial charge in [0.25, 0.3) is 0 Å². The Balaban J connectivity index is -0.0000000305. The van der Waals surface area contributed by atoms with Crippen LogP contribution in [0.2, 0.25) is 0 Å². The van der Waals surface area contributed by atoms with Gasteiger partial charge in [0.1, 0.15) is 0 Å². The Morgan fingerprint density at radius 1 is 0.586 bits per heavy atom. The summed E-state index contributed by atoms with van der Waals surface area (Å²) in [5, 5.41) is 47.5. The third kappa shape index (κ3) is 3010. The summed E-state index contributed by atoms with van der Waals surface area (Å²) in [6, 6.07) is 0. The normalized spacial score (nSPS) is 6.59. The Hall–Kier alpha value is -1.73. The Morgan fingerprint density at radius 2 is 0.690 bits per heavy atom. The first-order valence-corrected chi connectivity index (χ1v) is 7.06. The van der Waals surface area contributed by atoms with Crippen molar-refractivity contribution in [2.75, 3.05) is 26.2 Å². The molecule has 5 N–H and O–H groups in total. The molecule has 0 aliphatic rings. The van der Waals surface area contributed by atoms with Crippen LogP contribution in [0, 0.1) is 0 Å². The van der Waals surface area contributed by atoms with E-state index in [1.807, 2.05) is 0 Å². The minimum absolute atomic E-state index is 0. The van der Waals surface area contributed by atoms with Gasteiger partial charge >= 0.3 is 34.1 Å². The molecule has 15 heteroatoms. The number of carbonyl (C=O) groups excluding carboxylic acids is 5. The van der Waals surface area contributed by atoms with E-state index < -0.39 is 29.8 Å². The summed E-state index contributed by atoms with van der Waals surface area (Å²) < 4.78 is 0. The van der Waals surface area contributed by atoms with Gasteiger partial charge in [-0.2, -0.15) is 0 Å². The van der Waals surface area contributed by atoms with Gasteiger partial charge in [0.05, 0.1) is 0 Å². The molecule has 13 nitrogen and oxygen atoms in total. The first-order chi connectivity index (χ1) is 12.1. The van der Waals surface area contributed by atoms with Crippen LogP contribution in [-0.2, 0) is 58.1 Å². The molecule has 0 saturated carbocycles. The third-order valence-corrected chi connectivity index (χ3v) is 0.642. The fraction of sp³-hybridized carbons (Fsp3) is 0.643. The number of carboxylic acids is 5. The average molecular weight is 510 g/mol. The number of carbonyl (C=O) groups is 5. The number of aliphatic carboxylic acids is 5. The fourth-order valence-corrected chi connectivity index (χ4v) is 0.329. The number of hydrogen-bond acceptors (Lipinski definition) is 13. The Bertz CT molecular complexity index is 293. The largest absolute Gasteiger partial charge is 3.00 e. The molecule has 0 aromatic carbocycles. The molecule has 0 aliphatic heterocycles. The van der Waals surface area contributed by atoms with Crippen LogP contribution in [0.4, 0.5) is 0 Å². The summed E-state index contributed by atoms with van der Waals surface area (Å²) in [5.74, 6) is -5.42. The first kappa shape index (κ1) is 50.7. The zero-order valence-corrected chi connectivity index (χ0v) is 19.0. The van der Waals surface area contributed by atoms with Crippen LogP contribution >= 0.6 is 0 Å². The number of rotatable bonds is 4. The van der Waals surface area contributed by atoms with Crippen LogP contribution < -0.4 is 42.3 Å². The molecule has 0 fully saturated rings. The van der Waals surface area contributed by atoms with E-state index in [2.05, 4.69) is 5.32 Å². The van der Waals surface area contributed by atoms with Crippen LogP contribution in [0.3, 0.4) is 0 Å². The number of carboxylic acid groups (broad SMARTS) is 5. The van der Waals surface area contributed by atoms with Gasteiger partial charge in [-0.15, -0.1) is 0 Å². The van der Waals surface area contributed by atoms with Crippen molar-refractivity contribution in [1.82, 2.24) is 5.32 Å². The molecule has 0 unspecified atom stereocenters. The van der Waals surface area contributed by atoms with Crippen molar-refractivity contribution in [2.45, 2.75) is 34.6 Å². The topological polar surface area (TPSA) is 265 Å². The molecule has 0 heterocycles. The second-order valence-electron chi connectivity index (χ2n) is 3.79. The van der Waals surface area contributed by atoms with Crippen molar-refractivity contribution >= 4 is 29.8 Å². The van der Waals surface area contributed by atoms with Crippen LogP contribution in [-0.4, -0.2) is 56.0 Å². The van der Waals surface area contributed by atoms with E-state index in [0.29, 0.717) is 13.1 Å². The van der Waals surface area contributed by atoms with E-state index in [1.165, 1.54) is 0 Å². The molecule has 0 aromatic heterocycles. The standard InChI is InChI=1S/C4H13N3.5C2H4O2.2Fe/c5-1-3-7-4-2-6;5*1-2(3)4;;/h7H,1-6H2;5*1H3,(H,3,4);;/q;;;;;;+2;+3/p-5. The number of nitrogens with one attached hydrogen (secondary N) is 1. The van der Waals surface area contributed by atoms with E-state index in [1.54, 1.807) is 0 Å². The molecule has 1 radical (unpaired) electrons. The van der Waals surface area contributed by atoms with Crippen LogP contribution in [0.15, 0.2) is 0 Å². The molecule has 0 amide bonds. The zero-order chi connectivity index (χ0) is 23.4. The second kappa shape index (κ2) is 50.3. The average Bonchev–Trinajstić information content (AvgIpc) is 2.35. The zero-order valence-electron chi connectivity index (χ0n) is 16.8. The summed E-state index contributed by atoms with van der Waals surface area (Å²) >= 11 is 0. The summed E-state index contributed by atoms with van der Waals surface area (Å²) in [7, 11) is 0. The molecule has 0 bridgehead atoms. The van der Waals surface area contributed by atoms with Gasteiger partial charge in [0.2, 0.25) is 0 Å². The predicted octanol–water partition coefficient (Wildman–Crippen LogP) is -7.73. The van der Waals surface area contributed by atoms with Crippen molar-refractivity contribution in [1.29, 1.82) is 0 Å². The monoisotopic (exact) mass is 510 g/mol. The molecule has 175 valence electrons. The molecule has 29 heavy (non-hydrogen) atoms. The van der Waals surface area contributed by atoms with E-state index in [-0.39, 0.29) is 34.1 Å². The quantitative estimate of drug-likeness (QED) is 0.235. The van der Waals surface area contributed by atoms with E-state index in [4.69, 9.17) is 61.0 Å². The molecule has 0 saturated heterocycles. The van der Waals surface area contributed by atoms with Crippen molar-refractivity contribution in [3.63, 3.8) is 0 Å². The van der Waals surface area contributed by atoms with Gasteiger partial charge in [0, 0.05) is 56.0 Å². The number of hydrogen-bond donors (Lipinski definition) is 3. The maximum atomic E-state index is 8.89. The number of nitrogens with two attached hydrogens (primary N) is 2. The van der Waals surface area contributed by atoms with Crippen molar-refractivity contribution in [2.24, 2.45) is 11.5 Å². The molecule has 0 aromatic rings. The molecular formula is C14H28Fe2N3O10. The van der Waals surface area contributed by atoms with Crippen LogP contribution in [0.1, 0.15) is 34.6 Å². The van der Waals surface area contributed by atoms with Gasteiger partial charge in [-0.1, -0.05) is 0 Å². The molecule has 0 spiro atoms. The van der Waals surface area contributed by atoms with Gasteiger partial charge in [0.15, 0.2) is 0 Å². The molecule has 0 rings (SSSR count). The van der Waals surface area contributed by atoms with Gasteiger partial charge in [-0.3, -0.25) is 0 Å². The van der Waals surface area contributed by atoms with Crippen LogP contribution in [0.5, 0.6) is 0 Å². The van der Waals surface area contributed by atoms with Crippen molar-refractivity contribution < 1.29 is 83.6 Å². The summed E-state index contributed by atoms with van der Waals surface area (Å²) in [6.07, 6.45) is 0. The predicted molar refractivity (Wildman–Crippen MR) is 84.4 cm³/mol. The molecule has 0 atom stereocenters. The minimum atomic E-state index is -1.08.